The minimum atomic E-state index is -0.465. The summed E-state index contributed by atoms with van der Waals surface area (Å²) < 4.78 is 33.7. The summed E-state index contributed by atoms with van der Waals surface area (Å²) >= 11 is 0. The fraction of sp³-hybridized carbons (Fsp3) is 0.300. The summed E-state index contributed by atoms with van der Waals surface area (Å²) in [5.41, 5.74) is 5.23. The number of nitrogens with zero attached hydrogens (tertiary/aromatic N) is 6. The molecule has 41 heavy (non-hydrogen) atoms. The van der Waals surface area contributed by atoms with Gasteiger partial charge >= 0.3 is 0 Å². The van der Waals surface area contributed by atoms with Crippen LogP contribution in [0.1, 0.15) is 31.7 Å². The molecule has 6 rings (SSSR count). The van der Waals surface area contributed by atoms with E-state index in [9.17, 15) is 9.50 Å². The minimum Gasteiger partial charge on any atom is -0.493 e. The monoisotopic (exact) mass is 556 g/mol. The Morgan fingerprint density at radius 1 is 1.15 bits per heavy atom. The highest BCUT2D eigenvalue weighted by atomic mass is 19.1. The Hall–Kier alpha value is -4.64. The summed E-state index contributed by atoms with van der Waals surface area (Å²) in [6, 6.07) is 11.9. The lowest BCUT2D eigenvalue weighted by Gasteiger charge is -2.12. The number of aliphatic hydroxyl groups excluding tert-OH is 1. The van der Waals surface area contributed by atoms with E-state index in [0.717, 1.165) is 41.7 Å². The van der Waals surface area contributed by atoms with E-state index in [1.807, 2.05) is 25.1 Å². The van der Waals surface area contributed by atoms with Crippen molar-refractivity contribution in [1.82, 2.24) is 24.7 Å². The number of aliphatic imine (C=N–C) groups is 1. The molecular weight excluding hydrogens is 527 g/mol. The van der Waals surface area contributed by atoms with Gasteiger partial charge in [0.15, 0.2) is 17.2 Å². The van der Waals surface area contributed by atoms with Crippen molar-refractivity contribution >= 4 is 16.8 Å². The first kappa shape index (κ1) is 26.6. The number of hydrogen-bond acceptors (Lipinski definition) is 9. The van der Waals surface area contributed by atoms with Crippen molar-refractivity contribution in [2.75, 3.05) is 13.7 Å². The topological polar surface area (TPSA) is 121 Å². The van der Waals surface area contributed by atoms with E-state index in [-0.39, 0.29) is 11.7 Å². The quantitative estimate of drug-likeness (QED) is 0.270. The highest BCUT2D eigenvalue weighted by Crippen LogP contribution is 2.37. The Balaban J connectivity index is 1.44. The number of methoxy groups -OCH3 is 1. The zero-order valence-electron chi connectivity index (χ0n) is 23.0. The zero-order chi connectivity index (χ0) is 28.5. The van der Waals surface area contributed by atoms with Crippen molar-refractivity contribution in [2.24, 2.45) is 12.0 Å². The fourth-order valence-corrected chi connectivity index (χ4v) is 5.07. The molecule has 1 atom stereocenters. The van der Waals surface area contributed by atoms with Gasteiger partial charge in [-0.2, -0.15) is 0 Å². The van der Waals surface area contributed by atoms with Crippen LogP contribution in [0.4, 0.5) is 4.39 Å². The predicted molar refractivity (Wildman–Crippen MR) is 151 cm³/mol. The molecule has 0 amide bonds. The van der Waals surface area contributed by atoms with E-state index < -0.39 is 6.10 Å². The van der Waals surface area contributed by atoms with Crippen molar-refractivity contribution in [3.8, 4) is 45.7 Å². The van der Waals surface area contributed by atoms with Crippen LogP contribution in [0.3, 0.4) is 0 Å². The van der Waals surface area contributed by atoms with Crippen LogP contribution in [-0.4, -0.2) is 55.4 Å². The molecule has 3 aromatic heterocycles. The maximum absolute atomic E-state index is 14.4. The fourth-order valence-electron chi connectivity index (χ4n) is 5.07. The predicted octanol–water partition coefficient (Wildman–Crippen LogP) is 5.38. The van der Waals surface area contributed by atoms with E-state index in [0.29, 0.717) is 53.0 Å². The number of benzene rings is 2. The normalized spacial score (nSPS) is 16.1. The SMILES string of the molecule is CCOc1cc(-c2ccc(F)cc2-c2nncn2C)cc(-c2nc3cc(CN=C4CCC[C@@H]4O)cc(OC)c3o2)n1. The maximum Gasteiger partial charge on any atom is 0.246 e. The molecular formula is C30H29FN6O4. The van der Waals surface area contributed by atoms with Crippen LogP contribution in [0.5, 0.6) is 11.6 Å². The van der Waals surface area contributed by atoms with E-state index in [1.54, 1.807) is 37.2 Å². The first-order valence-corrected chi connectivity index (χ1v) is 13.4. The lowest BCUT2D eigenvalue weighted by Crippen LogP contribution is -2.12. The molecule has 210 valence electrons. The zero-order valence-corrected chi connectivity index (χ0v) is 23.0. The van der Waals surface area contributed by atoms with Crippen molar-refractivity contribution in [1.29, 1.82) is 0 Å². The van der Waals surface area contributed by atoms with Gasteiger partial charge in [-0.05, 0) is 73.2 Å². The van der Waals surface area contributed by atoms with Gasteiger partial charge in [-0.25, -0.2) is 14.4 Å². The van der Waals surface area contributed by atoms with Crippen LogP contribution in [-0.2, 0) is 13.6 Å². The summed E-state index contributed by atoms with van der Waals surface area (Å²) in [5.74, 6) is 1.30. The molecule has 1 aliphatic rings. The van der Waals surface area contributed by atoms with Gasteiger partial charge in [0.05, 0.1) is 26.4 Å². The Labute approximate surface area is 235 Å². The third-order valence-corrected chi connectivity index (χ3v) is 7.05. The maximum atomic E-state index is 14.4. The second-order valence-corrected chi connectivity index (χ2v) is 9.85. The number of halogens is 1. The second-order valence-electron chi connectivity index (χ2n) is 9.85. The van der Waals surface area contributed by atoms with Crippen molar-refractivity contribution < 1.29 is 23.4 Å². The van der Waals surface area contributed by atoms with Crippen molar-refractivity contribution in [3.05, 3.63) is 60.2 Å². The molecule has 1 N–H and O–H groups in total. The van der Waals surface area contributed by atoms with Gasteiger partial charge in [0, 0.05) is 24.4 Å². The van der Waals surface area contributed by atoms with Crippen molar-refractivity contribution in [3.63, 3.8) is 0 Å². The smallest absolute Gasteiger partial charge is 0.246 e. The number of ether oxygens (including phenoxy) is 2. The van der Waals surface area contributed by atoms with Gasteiger partial charge in [0.2, 0.25) is 11.8 Å². The standard InChI is InChI=1S/C30H29FN6O4/c1-4-40-27-13-18(20-9-8-19(31)14-21(20)29-36-33-16-37(29)2)12-24(34-27)30-35-23-10-17(11-26(39-3)28(23)41-30)15-32-22-6-5-7-25(22)38/h8-14,16,25,38H,4-7,15H2,1-3H3/t25-/m0/s1. The molecule has 0 aliphatic heterocycles. The molecule has 0 saturated heterocycles. The number of aryl methyl sites for hydroxylation is 1. The molecule has 3 heterocycles. The molecule has 0 radical (unpaired) electrons. The first-order chi connectivity index (χ1) is 19.9. The minimum absolute atomic E-state index is 0.276. The average Bonchev–Trinajstić information content (AvgIpc) is 3.71. The third kappa shape index (κ3) is 5.28. The molecule has 1 aliphatic carbocycles. The molecule has 0 bridgehead atoms. The first-order valence-electron chi connectivity index (χ1n) is 13.4. The molecule has 11 heteroatoms. The molecule has 2 aromatic carbocycles. The van der Waals surface area contributed by atoms with Crippen molar-refractivity contribution in [2.45, 2.75) is 38.8 Å². The number of fused-ring (bicyclic) bond motifs is 1. The molecule has 5 aromatic rings. The van der Waals surface area contributed by atoms with Gasteiger partial charge in [0.25, 0.3) is 0 Å². The highest BCUT2D eigenvalue weighted by Gasteiger charge is 2.21. The molecule has 1 saturated carbocycles. The molecule has 10 nitrogen and oxygen atoms in total. The van der Waals surface area contributed by atoms with E-state index in [2.05, 4.69) is 20.2 Å². The average molecular weight is 557 g/mol. The number of aliphatic hydroxyl groups is 1. The summed E-state index contributed by atoms with van der Waals surface area (Å²) in [6.45, 7) is 2.67. The van der Waals surface area contributed by atoms with Gasteiger partial charge in [-0.15, -0.1) is 10.2 Å². The number of oxazole rings is 1. The third-order valence-electron chi connectivity index (χ3n) is 7.05. The lowest BCUT2D eigenvalue weighted by atomic mass is 9.99. The van der Waals surface area contributed by atoms with E-state index in [1.165, 1.54) is 12.1 Å². The van der Waals surface area contributed by atoms with Gasteiger partial charge in [-0.3, -0.25) is 4.99 Å². The van der Waals surface area contributed by atoms with Gasteiger partial charge in [-0.1, -0.05) is 6.07 Å². The van der Waals surface area contributed by atoms with Gasteiger partial charge in [0.1, 0.15) is 23.4 Å². The van der Waals surface area contributed by atoms with Crippen LogP contribution < -0.4 is 9.47 Å². The van der Waals surface area contributed by atoms with Gasteiger partial charge < -0.3 is 23.6 Å². The van der Waals surface area contributed by atoms with Crippen LogP contribution >= 0.6 is 0 Å². The number of aromatic nitrogens is 5. The van der Waals surface area contributed by atoms with E-state index in [4.69, 9.17) is 18.9 Å². The number of rotatable bonds is 8. The van der Waals surface area contributed by atoms with E-state index >= 15 is 0 Å². The van der Waals surface area contributed by atoms with Crippen LogP contribution in [0, 0.1) is 5.82 Å². The Bertz CT molecular complexity index is 1760. The van der Waals surface area contributed by atoms with Crippen LogP contribution in [0.15, 0.2) is 58.2 Å². The highest BCUT2D eigenvalue weighted by molar-refractivity contribution is 5.90. The molecule has 0 spiro atoms. The lowest BCUT2D eigenvalue weighted by molar-refractivity contribution is 0.242. The summed E-state index contributed by atoms with van der Waals surface area (Å²) in [5, 5.41) is 18.2. The second kappa shape index (κ2) is 11.1. The van der Waals surface area contributed by atoms with Crippen LogP contribution in [0.25, 0.3) is 45.2 Å². The summed E-state index contributed by atoms with van der Waals surface area (Å²) in [4.78, 5) is 14.0. The number of hydrogen-bond donors (Lipinski definition) is 1. The van der Waals surface area contributed by atoms with Crippen LogP contribution in [0.2, 0.25) is 0 Å². The Kier molecular flexibility index (Phi) is 7.19. The summed E-state index contributed by atoms with van der Waals surface area (Å²) in [6.07, 6.45) is 3.61. The summed E-state index contributed by atoms with van der Waals surface area (Å²) in [7, 11) is 3.37. The molecule has 1 fully saturated rings. The Morgan fingerprint density at radius 2 is 2.02 bits per heavy atom. The Morgan fingerprint density at radius 3 is 2.76 bits per heavy atom. The largest absolute Gasteiger partial charge is 0.493 e. The molecule has 0 unspecified atom stereocenters. The number of pyridine rings is 1.